The second-order valence-electron chi connectivity index (χ2n) is 12.0. The SMILES string of the molecule is Cc1cc(Nc2ncc3c(n2)N(C)CN(c2c(Cl)cccc2Cl)C3=O)ccc1N1C[C@@H]2C[C@H]1CN2C(=O)OC(C)(C)C. The van der Waals surface area contributed by atoms with Gasteiger partial charge in [-0.3, -0.25) is 9.69 Å². The number of likely N-dealkylation sites (tertiary alicyclic amines) is 1. The molecule has 2 atom stereocenters. The van der Waals surface area contributed by atoms with E-state index in [4.69, 9.17) is 27.9 Å². The maximum absolute atomic E-state index is 13.4. The van der Waals surface area contributed by atoms with Crippen molar-refractivity contribution in [2.45, 2.75) is 51.8 Å². The molecule has 1 aromatic heterocycles. The molecule has 2 aromatic carbocycles. The summed E-state index contributed by atoms with van der Waals surface area (Å²) in [4.78, 5) is 42.7. The maximum atomic E-state index is 13.4. The summed E-state index contributed by atoms with van der Waals surface area (Å²) in [6, 6.07) is 11.7. The molecule has 2 amide bonds. The van der Waals surface area contributed by atoms with E-state index in [1.807, 2.05) is 43.7 Å². The minimum Gasteiger partial charge on any atom is -0.444 e. The van der Waals surface area contributed by atoms with Gasteiger partial charge >= 0.3 is 6.09 Å². The number of aryl methyl sites for hydroxylation is 1. The number of nitrogens with zero attached hydrogens (tertiary/aromatic N) is 6. The second-order valence-corrected chi connectivity index (χ2v) is 12.8. The Hall–Kier alpha value is -3.76. The van der Waals surface area contributed by atoms with Gasteiger partial charge in [0.2, 0.25) is 5.95 Å². The third-order valence-corrected chi connectivity index (χ3v) is 8.41. The van der Waals surface area contributed by atoms with Crippen LogP contribution in [0, 0.1) is 6.92 Å². The Morgan fingerprint density at radius 1 is 1.10 bits per heavy atom. The number of amides is 2. The fraction of sp³-hybridized carbons (Fsp3) is 0.400. The Morgan fingerprint density at radius 2 is 1.83 bits per heavy atom. The first kappa shape index (κ1) is 28.4. The van der Waals surface area contributed by atoms with Crippen LogP contribution in [0.25, 0.3) is 0 Å². The van der Waals surface area contributed by atoms with Crippen LogP contribution in [0.5, 0.6) is 0 Å². The van der Waals surface area contributed by atoms with Crippen LogP contribution in [-0.2, 0) is 4.74 Å². The van der Waals surface area contributed by atoms with Crippen LogP contribution in [-0.4, -0.2) is 71.4 Å². The monoisotopic (exact) mass is 609 g/mol. The number of aromatic nitrogens is 2. The Labute approximate surface area is 255 Å². The van der Waals surface area contributed by atoms with Crippen molar-refractivity contribution < 1.29 is 14.3 Å². The fourth-order valence-electron chi connectivity index (χ4n) is 5.97. The maximum Gasteiger partial charge on any atom is 0.410 e. The van der Waals surface area contributed by atoms with Crippen LogP contribution in [0.15, 0.2) is 42.6 Å². The molecule has 2 saturated heterocycles. The Balaban J connectivity index is 1.15. The van der Waals surface area contributed by atoms with E-state index in [0.717, 1.165) is 29.9 Å². The molecule has 0 aliphatic carbocycles. The average molecular weight is 611 g/mol. The van der Waals surface area contributed by atoms with Gasteiger partial charge in [-0.1, -0.05) is 29.3 Å². The summed E-state index contributed by atoms with van der Waals surface area (Å²) in [7, 11) is 1.85. The predicted molar refractivity (Wildman–Crippen MR) is 166 cm³/mol. The van der Waals surface area contributed by atoms with Gasteiger partial charge in [-0.2, -0.15) is 4.98 Å². The molecule has 1 N–H and O–H groups in total. The zero-order valence-corrected chi connectivity index (χ0v) is 25.7. The number of hydrogen-bond donors (Lipinski definition) is 1. The van der Waals surface area contributed by atoms with Gasteiger partial charge in [0.1, 0.15) is 17.0 Å². The van der Waals surface area contributed by atoms with Crippen LogP contribution in [0.2, 0.25) is 10.0 Å². The fourth-order valence-corrected chi connectivity index (χ4v) is 6.58. The summed E-state index contributed by atoms with van der Waals surface area (Å²) in [6.07, 6.45) is 2.23. The van der Waals surface area contributed by atoms with E-state index in [0.29, 0.717) is 39.6 Å². The van der Waals surface area contributed by atoms with Crippen LogP contribution in [0.3, 0.4) is 0 Å². The molecular weight excluding hydrogens is 577 g/mol. The lowest BCUT2D eigenvalue weighted by Gasteiger charge is -2.37. The van der Waals surface area contributed by atoms with Crippen molar-refractivity contribution in [2.75, 3.05) is 46.8 Å². The van der Waals surface area contributed by atoms with Crippen LogP contribution < -0.4 is 20.0 Å². The average Bonchev–Trinajstić information content (AvgIpc) is 3.52. The third kappa shape index (κ3) is 5.18. The van der Waals surface area contributed by atoms with Gasteiger partial charge in [0.05, 0.1) is 28.4 Å². The lowest BCUT2D eigenvalue weighted by atomic mass is 10.1. The van der Waals surface area contributed by atoms with E-state index >= 15 is 0 Å². The molecule has 10 nitrogen and oxygen atoms in total. The Kier molecular flexibility index (Phi) is 7.09. The number of carbonyl (C=O) groups excluding carboxylic acids is 2. The predicted octanol–water partition coefficient (Wildman–Crippen LogP) is 6.09. The summed E-state index contributed by atoms with van der Waals surface area (Å²) in [5.74, 6) is 0.640. The number of fused-ring (bicyclic) bond motifs is 3. The van der Waals surface area contributed by atoms with Gasteiger partial charge in [0, 0.05) is 43.8 Å². The van der Waals surface area contributed by atoms with Gasteiger partial charge in [-0.05, 0) is 70.0 Å². The topological polar surface area (TPSA) is 94.1 Å². The van der Waals surface area contributed by atoms with Gasteiger partial charge in [-0.15, -0.1) is 0 Å². The molecule has 0 unspecified atom stereocenters. The molecule has 0 saturated carbocycles. The lowest BCUT2D eigenvalue weighted by molar-refractivity contribution is 0.0214. The highest BCUT2D eigenvalue weighted by Gasteiger charge is 2.46. The standard InChI is InChI=1S/C30H33Cl2N7O3/c1-17-11-18(9-10-24(17)37-14-20-12-19(37)15-38(20)29(41)42-30(2,3)4)34-28-33-13-21-26(35-28)36(5)16-39(27(21)40)25-22(31)7-6-8-23(25)32/h6-11,13,19-20H,12,14-16H2,1-5H3,(H,33,34,35)/t19-,20-/m0/s1. The van der Waals surface area contributed by atoms with Gasteiger partial charge in [-0.25, -0.2) is 9.78 Å². The van der Waals surface area contributed by atoms with E-state index in [-0.39, 0.29) is 30.8 Å². The van der Waals surface area contributed by atoms with Crippen molar-refractivity contribution in [1.29, 1.82) is 0 Å². The number of anilines is 5. The first-order valence-corrected chi connectivity index (χ1v) is 14.6. The number of ether oxygens (including phenoxy) is 1. The molecule has 12 heteroatoms. The molecule has 6 rings (SSSR count). The summed E-state index contributed by atoms with van der Waals surface area (Å²) < 4.78 is 5.61. The third-order valence-electron chi connectivity index (χ3n) is 7.80. The molecular formula is C30H33Cl2N7O3. The van der Waals surface area contributed by atoms with E-state index in [2.05, 4.69) is 39.2 Å². The van der Waals surface area contributed by atoms with Gasteiger partial charge in [0.25, 0.3) is 5.91 Å². The van der Waals surface area contributed by atoms with Crippen LogP contribution in [0.1, 0.15) is 43.1 Å². The highest BCUT2D eigenvalue weighted by Crippen LogP contribution is 2.39. The smallest absolute Gasteiger partial charge is 0.410 e. The zero-order valence-electron chi connectivity index (χ0n) is 24.2. The van der Waals surface area contributed by atoms with E-state index < -0.39 is 5.60 Å². The number of benzene rings is 2. The van der Waals surface area contributed by atoms with Crippen molar-refractivity contribution >= 4 is 64.0 Å². The van der Waals surface area contributed by atoms with Crippen molar-refractivity contribution in [3.05, 3.63) is 63.8 Å². The molecule has 0 spiro atoms. The molecule has 220 valence electrons. The number of carbonyl (C=O) groups is 2. The number of halogens is 2. The second kappa shape index (κ2) is 10.5. The molecule has 3 aromatic rings. The number of para-hydroxylation sites is 1. The molecule has 0 radical (unpaired) electrons. The van der Waals surface area contributed by atoms with Crippen LogP contribution in [0.4, 0.5) is 33.6 Å². The molecule has 4 heterocycles. The molecule has 3 aliphatic heterocycles. The summed E-state index contributed by atoms with van der Waals surface area (Å²) >= 11 is 12.8. The first-order valence-electron chi connectivity index (χ1n) is 13.9. The Bertz CT molecular complexity index is 1560. The lowest BCUT2D eigenvalue weighted by Crippen LogP contribution is -2.50. The molecule has 2 bridgehead atoms. The van der Waals surface area contributed by atoms with Gasteiger partial charge in [0.15, 0.2) is 0 Å². The summed E-state index contributed by atoms with van der Waals surface area (Å²) in [5, 5.41) is 4.08. The first-order chi connectivity index (χ1) is 19.9. The molecule has 42 heavy (non-hydrogen) atoms. The van der Waals surface area contributed by atoms with Crippen molar-refractivity contribution in [1.82, 2.24) is 14.9 Å². The minimum atomic E-state index is -0.504. The van der Waals surface area contributed by atoms with Crippen molar-refractivity contribution in [3.63, 3.8) is 0 Å². The largest absolute Gasteiger partial charge is 0.444 e. The van der Waals surface area contributed by atoms with Gasteiger partial charge < -0.3 is 24.8 Å². The summed E-state index contributed by atoms with van der Waals surface area (Å²) in [6.45, 7) is 9.43. The van der Waals surface area contributed by atoms with Crippen LogP contribution >= 0.6 is 23.2 Å². The van der Waals surface area contributed by atoms with E-state index in [1.165, 1.54) is 11.1 Å². The normalized spacial score (nSPS) is 19.8. The van der Waals surface area contributed by atoms with Crippen molar-refractivity contribution in [3.8, 4) is 0 Å². The van der Waals surface area contributed by atoms with E-state index in [1.54, 1.807) is 18.2 Å². The number of hydrogen-bond acceptors (Lipinski definition) is 8. The number of nitrogens with one attached hydrogen (secondary N) is 1. The highest BCUT2D eigenvalue weighted by atomic mass is 35.5. The molecule has 3 aliphatic rings. The quantitative estimate of drug-likeness (QED) is 0.380. The van der Waals surface area contributed by atoms with E-state index in [9.17, 15) is 9.59 Å². The molecule has 2 fully saturated rings. The summed E-state index contributed by atoms with van der Waals surface area (Å²) in [5.41, 5.74) is 3.41. The Morgan fingerprint density at radius 3 is 2.48 bits per heavy atom. The number of rotatable bonds is 4. The van der Waals surface area contributed by atoms with Crippen molar-refractivity contribution in [2.24, 2.45) is 0 Å². The highest BCUT2D eigenvalue weighted by molar-refractivity contribution is 6.40. The number of piperazine rings is 1. The minimum absolute atomic E-state index is 0.149. The zero-order chi connectivity index (χ0) is 29.9.